The van der Waals surface area contributed by atoms with Crippen LogP contribution < -0.4 is 0 Å². The Bertz CT molecular complexity index is 171. The highest BCUT2D eigenvalue weighted by atomic mass is 16.3. The molecule has 4 saturated heterocycles. The molecule has 0 aliphatic carbocycles. The largest absolute Gasteiger partial charge is 0.392 e. The molecule has 0 spiro atoms. The molecule has 3 heteroatoms. The third-order valence-corrected chi connectivity index (χ3v) is 4.16. The Morgan fingerprint density at radius 2 is 1.56 bits per heavy atom. The van der Waals surface area contributed by atoms with Gasteiger partial charge in [0.15, 0.2) is 0 Å². The van der Waals surface area contributed by atoms with Gasteiger partial charge in [-0.05, 0) is 71.2 Å². The lowest BCUT2D eigenvalue weighted by Crippen LogP contribution is -2.41. The van der Waals surface area contributed by atoms with Crippen molar-refractivity contribution in [3.05, 3.63) is 0 Å². The second kappa shape index (κ2) is 5.99. The van der Waals surface area contributed by atoms with E-state index in [1.54, 1.807) is 0 Å². The number of rotatable bonds is 0. The van der Waals surface area contributed by atoms with Crippen LogP contribution in [0.5, 0.6) is 0 Å². The maximum absolute atomic E-state index is 9.04. The molecule has 4 heterocycles. The van der Waals surface area contributed by atoms with Crippen LogP contribution in [0.15, 0.2) is 0 Å². The molecule has 2 bridgehead atoms. The van der Waals surface area contributed by atoms with Gasteiger partial charge in [0, 0.05) is 6.54 Å². The molecule has 1 atom stereocenters. The molecule has 1 N–H and O–H groups in total. The first kappa shape index (κ1) is 12.3. The van der Waals surface area contributed by atoms with Gasteiger partial charge in [0.2, 0.25) is 0 Å². The fourth-order valence-corrected chi connectivity index (χ4v) is 3.00. The number of hydrogen-bond acceptors (Lipinski definition) is 3. The molecule has 16 heavy (non-hydrogen) atoms. The van der Waals surface area contributed by atoms with Crippen molar-refractivity contribution in [2.75, 3.05) is 39.8 Å². The van der Waals surface area contributed by atoms with Crippen molar-refractivity contribution in [2.45, 2.75) is 38.2 Å². The van der Waals surface area contributed by atoms with E-state index in [1.807, 2.05) is 7.05 Å². The van der Waals surface area contributed by atoms with Crippen LogP contribution in [0, 0.1) is 5.92 Å². The van der Waals surface area contributed by atoms with Crippen LogP contribution in [-0.4, -0.2) is 60.8 Å². The van der Waals surface area contributed by atoms with Crippen molar-refractivity contribution >= 4 is 0 Å². The minimum Gasteiger partial charge on any atom is -0.392 e. The highest BCUT2D eigenvalue weighted by molar-refractivity contribution is 4.78. The first-order valence-electron chi connectivity index (χ1n) is 6.83. The van der Waals surface area contributed by atoms with Gasteiger partial charge in [0.25, 0.3) is 0 Å². The number of likely N-dealkylation sites (N-methyl/N-ethyl adjacent to an activating group) is 1. The summed E-state index contributed by atoms with van der Waals surface area (Å²) in [6.45, 7) is 6.19. The number of piperidine rings is 4. The van der Waals surface area contributed by atoms with E-state index in [-0.39, 0.29) is 6.10 Å². The van der Waals surface area contributed by atoms with E-state index in [2.05, 4.69) is 9.80 Å². The Morgan fingerprint density at radius 3 is 1.81 bits per heavy atom. The van der Waals surface area contributed by atoms with Gasteiger partial charge < -0.3 is 14.9 Å². The number of fused-ring (bicyclic) bond motifs is 3. The predicted octanol–water partition coefficient (Wildman–Crippen LogP) is 1.18. The number of aliphatic hydroxyl groups is 1. The van der Waals surface area contributed by atoms with Gasteiger partial charge in [0.1, 0.15) is 0 Å². The van der Waals surface area contributed by atoms with Crippen LogP contribution in [0.1, 0.15) is 32.1 Å². The molecule has 4 fully saturated rings. The molecule has 1 unspecified atom stereocenters. The summed E-state index contributed by atoms with van der Waals surface area (Å²) in [4.78, 5) is 4.74. The van der Waals surface area contributed by atoms with E-state index >= 15 is 0 Å². The molecule has 0 aromatic heterocycles. The summed E-state index contributed by atoms with van der Waals surface area (Å²) in [6, 6.07) is 0. The molecule has 0 aromatic carbocycles. The third kappa shape index (κ3) is 3.72. The predicted molar refractivity (Wildman–Crippen MR) is 66.5 cm³/mol. The standard InChI is InChI=1S/C7H13N.C6H13NO/c1-4-8-5-2-7(1)3-6-8;1-7-4-2-3-6(8)5-7/h7H,1-6H2;6,8H,2-5H2,1H3. The Balaban J connectivity index is 0.000000120. The molecule has 0 saturated carbocycles. The van der Waals surface area contributed by atoms with Gasteiger partial charge >= 0.3 is 0 Å². The van der Waals surface area contributed by atoms with Crippen molar-refractivity contribution in [2.24, 2.45) is 5.92 Å². The summed E-state index contributed by atoms with van der Waals surface area (Å²) >= 11 is 0. The summed E-state index contributed by atoms with van der Waals surface area (Å²) in [5.41, 5.74) is 0. The summed E-state index contributed by atoms with van der Waals surface area (Å²) in [5, 5.41) is 9.04. The van der Waals surface area contributed by atoms with Gasteiger partial charge in [-0.3, -0.25) is 0 Å². The molecule has 94 valence electrons. The van der Waals surface area contributed by atoms with E-state index in [9.17, 15) is 0 Å². The lowest BCUT2D eigenvalue weighted by atomic mass is 9.89. The average molecular weight is 226 g/mol. The monoisotopic (exact) mass is 226 g/mol. The van der Waals surface area contributed by atoms with Gasteiger partial charge in [-0.2, -0.15) is 0 Å². The molecule has 0 radical (unpaired) electrons. The van der Waals surface area contributed by atoms with Crippen molar-refractivity contribution in [3.8, 4) is 0 Å². The lowest BCUT2D eigenvalue weighted by molar-refractivity contribution is 0.0846. The van der Waals surface area contributed by atoms with Crippen molar-refractivity contribution in [1.29, 1.82) is 0 Å². The molecule has 3 nitrogen and oxygen atoms in total. The maximum Gasteiger partial charge on any atom is 0.0667 e. The average Bonchev–Trinajstić information content (AvgIpc) is 2.32. The SMILES string of the molecule is C1CN2CCC1CC2.CN1CCCC(O)C1. The molecule has 0 aromatic rings. The van der Waals surface area contributed by atoms with Crippen LogP contribution in [-0.2, 0) is 0 Å². The minimum atomic E-state index is -0.0613. The van der Waals surface area contributed by atoms with Gasteiger partial charge in [0.05, 0.1) is 6.10 Å². The highest BCUT2D eigenvalue weighted by Crippen LogP contribution is 2.26. The smallest absolute Gasteiger partial charge is 0.0667 e. The quantitative estimate of drug-likeness (QED) is 0.672. The van der Waals surface area contributed by atoms with Gasteiger partial charge in [-0.1, -0.05) is 0 Å². The number of nitrogens with zero attached hydrogens (tertiary/aromatic N) is 2. The van der Waals surface area contributed by atoms with Crippen LogP contribution in [0.3, 0.4) is 0 Å². The number of hydrogen-bond donors (Lipinski definition) is 1. The van der Waals surface area contributed by atoms with Gasteiger partial charge in [-0.25, -0.2) is 0 Å². The minimum absolute atomic E-state index is 0.0613. The molecule has 4 rings (SSSR count). The number of likely N-dealkylation sites (tertiary alicyclic amines) is 1. The first-order valence-corrected chi connectivity index (χ1v) is 6.83. The Morgan fingerprint density at radius 1 is 0.938 bits per heavy atom. The molecular weight excluding hydrogens is 200 g/mol. The first-order chi connectivity index (χ1) is 7.74. The summed E-state index contributed by atoms with van der Waals surface area (Å²) in [7, 11) is 2.04. The lowest BCUT2D eigenvalue weighted by Gasteiger charge is -2.38. The zero-order valence-corrected chi connectivity index (χ0v) is 10.6. The van der Waals surface area contributed by atoms with Crippen LogP contribution in [0.4, 0.5) is 0 Å². The van der Waals surface area contributed by atoms with Crippen molar-refractivity contribution < 1.29 is 5.11 Å². The Hall–Kier alpha value is -0.120. The summed E-state index contributed by atoms with van der Waals surface area (Å²) < 4.78 is 0. The van der Waals surface area contributed by atoms with Crippen LogP contribution >= 0.6 is 0 Å². The van der Waals surface area contributed by atoms with E-state index in [0.29, 0.717) is 0 Å². The van der Waals surface area contributed by atoms with Crippen molar-refractivity contribution in [1.82, 2.24) is 9.80 Å². The zero-order chi connectivity index (χ0) is 11.4. The second-order valence-corrected chi connectivity index (χ2v) is 5.63. The highest BCUT2D eigenvalue weighted by Gasteiger charge is 2.24. The topological polar surface area (TPSA) is 26.7 Å². The fourth-order valence-electron chi connectivity index (χ4n) is 3.00. The molecule has 0 amide bonds. The van der Waals surface area contributed by atoms with E-state index in [0.717, 1.165) is 31.8 Å². The fraction of sp³-hybridized carbons (Fsp3) is 1.00. The maximum atomic E-state index is 9.04. The number of aliphatic hydroxyl groups excluding tert-OH is 1. The van der Waals surface area contributed by atoms with E-state index < -0.39 is 0 Å². The van der Waals surface area contributed by atoms with E-state index in [1.165, 1.54) is 38.9 Å². The molecule has 4 aliphatic heterocycles. The zero-order valence-electron chi connectivity index (χ0n) is 10.6. The van der Waals surface area contributed by atoms with Crippen LogP contribution in [0.2, 0.25) is 0 Å². The Labute approximate surface area is 99.4 Å². The summed E-state index contributed by atoms with van der Waals surface area (Å²) in [6.07, 6.45) is 6.54. The van der Waals surface area contributed by atoms with Gasteiger partial charge in [-0.15, -0.1) is 0 Å². The number of β-amino-alcohol motifs (C(OH)–C–C–N with tert-alkyl or cyclic N) is 1. The Kier molecular flexibility index (Phi) is 4.62. The van der Waals surface area contributed by atoms with E-state index in [4.69, 9.17) is 5.11 Å². The normalized spacial score (nSPS) is 39.0. The molecular formula is C13H26N2O. The molecule has 4 aliphatic rings. The van der Waals surface area contributed by atoms with Crippen molar-refractivity contribution in [3.63, 3.8) is 0 Å². The van der Waals surface area contributed by atoms with Crippen LogP contribution in [0.25, 0.3) is 0 Å². The third-order valence-electron chi connectivity index (χ3n) is 4.16. The second-order valence-electron chi connectivity index (χ2n) is 5.63. The summed E-state index contributed by atoms with van der Waals surface area (Å²) in [5.74, 6) is 1.11.